The molecule has 1 heterocycles. The average Bonchev–Trinajstić information content (AvgIpc) is 3.42. The van der Waals surface area contributed by atoms with Gasteiger partial charge in [0.1, 0.15) is 0 Å². The summed E-state index contributed by atoms with van der Waals surface area (Å²) in [5.74, 6) is 1.79. The maximum Gasteiger partial charge on any atom is 0.191 e. The summed E-state index contributed by atoms with van der Waals surface area (Å²) in [6, 6.07) is 0. The van der Waals surface area contributed by atoms with E-state index < -0.39 is 0 Å². The van der Waals surface area contributed by atoms with Gasteiger partial charge in [0.25, 0.3) is 0 Å². The number of unbranched alkanes of at least 4 members (excludes halogenated alkanes) is 1. The minimum atomic E-state index is 0. The molecule has 25 heavy (non-hydrogen) atoms. The summed E-state index contributed by atoms with van der Waals surface area (Å²) in [5.41, 5.74) is 0. The predicted molar refractivity (Wildman–Crippen MR) is 114 cm³/mol. The number of nitrogens with one attached hydrogen (secondary N) is 2. The van der Waals surface area contributed by atoms with Gasteiger partial charge in [-0.25, -0.2) is 0 Å². The summed E-state index contributed by atoms with van der Waals surface area (Å²) in [7, 11) is 0. The van der Waals surface area contributed by atoms with Crippen molar-refractivity contribution >= 4 is 29.9 Å². The van der Waals surface area contributed by atoms with Gasteiger partial charge in [0.2, 0.25) is 0 Å². The lowest BCUT2D eigenvalue weighted by Crippen LogP contribution is -2.39. The summed E-state index contributed by atoms with van der Waals surface area (Å²) in [6.45, 7) is 11.7. The van der Waals surface area contributed by atoms with Crippen LogP contribution >= 0.6 is 24.0 Å². The van der Waals surface area contributed by atoms with Gasteiger partial charge in [-0.2, -0.15) is 0 Å². The molecule has 0 aromatic rings. The first kappa shape index (κ1) is 22.9. The molecule has 0 amide bonds. The molecule has 6 nitrogen and oxygen atoms in total. The Balaban J connectivity index is 0.00000312. The van der Waals surface area contributed by atoms with Gasteiger partial charge in [-0.15, -0.1) is 24.0 Å². The topological polar surface area (TPSA) is 58.1 Å². The Kier molecular flexibility index (Phi) is 13.7. The number of aliphatic imine (C=N–C) groups is 1. The van der Waals surface area contributed by atoms with Crippen molar-refractivity contribution in [2.24, 2.45) is 10.9 Å². The lowest BCUT2D eigenvalue weighted by molar-refractivity contribution is 0.0372. The van der Waals surface area contributed by atoms with Crippen molar-refractivity contribution in [1.82, 2.24) is 15.5 Å². The third kappa shape index (κ3) is 12.0. The predicted octanol–water partition coefficient (Wildman–Crippen LogP) is 2.09. The van der Waals surface area contributed by atoms with Gasteiger partial charge in [-0.3, -0.25) is 9.89 Å². The highest BCUT2D eigenvalue weighted by atomic mass is 127. The molecule has 1 saturated carbocycles. The van der Waals surface area contributed by atoms with Crippen molar-refractivity contribution in [3.63, 3.8) is 0 Å². The van der Waals surface area contributed by atoms with Crippen LogP contribution in [-0.2, 0) is 9.47 Å². The molecule has 0 spiro atoms. The number of hydrogen-bond donors (Lipinski definition) is 2. The summed E-state index contributed by atoms with van der Waals surface area (Å²) in [5, 5.41) is 6.75. The normalized spacial score (nSPS) is 18.7. The summed E-state index contributed by atoms with van der Waals surface area (Å²) >= 11 is 0. The third-order valence-electron chi connectivity index (χ3n) is 4.41. The molecule has 0 aromatic carbocycles. The molecule has 2 aliphatic rings. The van der Waals surface area contributed by atoms with Crippen LogP contribution in [0.3, 0.4) is 0 Å². The monoisotopic (exact) mass is 468 g/mol. The van der Waals surface area contributed by atoms with E-state index in [0.717, 1.165) is 77.4 Å². The fourth-order valence-corrected chi connectivity index (χ4v) is 2.73. The second-order valence-corrected chi connectivity index (χ2v) is 6.72. The Morgan fingerprint density at radius 3 is 2.68 bits per heavy atom. The summed E-state index contributed by atoms with van der Waals surface area (Å²) < 4.78 is 11.0. The smallest absolute Gasteiger partial charge is 0.191 e. The molecule has 0 unspecified atom stereocenters. The van der Waals surface area contributed by atoms with E-state index in [4.69, 9.17) is 9.47 Å². The lowest BCUT2D eigenvalue weighted by Gasteiger charge is -2.26. The molecule has 2 N–H and O–H groups in total. The molecular weight excluding hydrogens is 431 g/mol. The molecule has 7 heteroatoms. The number of ether oxygens (including phenoxy) is 2. The molecule has 1 aliphatic heterocycles. The Hall–Kier alpha value is -0.120. The zero-order chi connectivity index (χ0) is 16.9. The first-order valence-electron chi connectivity index (χ1n) is 9.78. The maximum atomic E-state index is 5.65. The minimum absolute atomic E-state index is 0. The van der Waals surface area contributed by atoms with E-state index in [9.17, 15) is 0 Å². The van der Waals surface area contributed by atoms with Crippen LogP contribution in [0.1, 0.15) is 39.0 Å². The first-order chi connectivity index (χ1) is 11.9. The summed E-state index contributed by atoms with van der Waals surface area (Å²) in [6.07, 6.45) is 6.12. The number of hydrogen-bond acceptors (Lipinski definition) is 4. The molecule has 0 atom stereocenters. The highest BCUT2D eigenvalue weighted by Crippen LogP contribution is 2.28. The zero-order valence-corrected chi connectivity index (χ0v) is 18.1. The molecule has 148 valence electrons. The van der Waals surface area contributed by atoms with Crippen molar-refractivity contribution in [1.29, 1.82) is 0 Å². The van der Waals surface area contributed by atoms with Crippen molar-refractivity contribution in [3.05, 3.63) is 0 Å². The van der Waals surface area contributed by atoms with Crippen LogP contribution in [0.4, 0.5) is 0 Å². The fraction of sp³-hybridized carbons (Fsp3) is 0.944. The van der Waals surface area contributed by atoms with Crippen LogP contribution in [0.5, 0.6) is 0 Å². The van der Waals surface area contributed by atoms with E-state index >= 15 is 0 Å². The van der Waals surface area contributed by atoms with Gasteiger partial charge < -0.3 is 20.1 Å². The second kappa shape index (κ2) is 15.0. The Bertz CT molecular complexity index is 348. The second-order valence-electron chi connectivity index (χ2n) is 6.72. The minimum Gasteiger partial charge on any atom is -0.381 e. The molecule has 1 saturated heterocycles. The van der Waals surface area contributed by atoms with Crippen molar-refractivity contribution in [2.45, 2.75) is 39.0 Å². The van der Waals surface area contributed by atoms with Gasteiger partial charge in [-0.1, -0.05) is 0 Å². The SMILES string of the molecule is CCNC(=NCCCOCC1CC1)NCCCCN1CCOCC1.I. The molecule has 0 radical (unpaired) electrons. The quantitative estimate of drug-likeness (QED) is 0.199. The standard InChI is InChI=1S/C18H36N4O2.HI/c1-2-19-18(21-9-5-13-24-16-17-6-7-17)20-8-3-4-10-22-11-14-23-15-12-22;/h17H,2-16H2,1H3,(H2,19,20,21);1H. The molecule has 2 fully saturated rings. The lowest BCUT2D eigenvalue weighted by atomic mass is 10.3. The van der Waals surface area contributed by atoms with Crippen LogP contribution in [0.2, 0.25) is 0 Å². The van der Waals surface area contributed by atoms with Crippen LogP contribution in [0.15, 0.2) is 4.99 Å². The molecular formula is C18H37IN4O2. The molecule has 0 aromatic heterocycles. The number of morpholine rings is 1. The molecule has 2 rings (SSSR count). The Morgan fingerprint density at radius 2 is 1.96 bits per heavy atom. The number of guanidine groups is 1. The van der Waals surface area contributed by atoms with Crippen LogP contribution in [0.25, 0.3) is 0 Å². The Morgan fingerprint density at radius 1 is 1.16 bits per heavy atom. The maximum absolute atomic E-state index is 5.65. The van der Waals surface area contributed by atoms with E-state index in [1.807, 2.05) is 0 Å². The van der Waals surface area contributed by atoms with Crippen LogP contribution in [-0.4, -0.2) is 76.6 Å². The number of nitrogens with zero attached hydrogens (tertiary/aromatic N) is 2. The van der Waals surface area contributed by atoms with Gasteiger partial charge in [0, 0.05) is 45.9 Å². The zero-order valence-electron chi connectivity index (χ0n) is 15.8. The van der Waals surface area contributed by atoms with Crippen LogP contribution in [0, 0.1) is 5.92 Å². The fourth-order valence-electron chi connectivity index (χ4n) is 2.73. The van der Waals surface area contributed by atoms with Gasteiger partial charge >= 0.3 is 0 Å². The largest absolute Gasteiger partial charge is 0.381 e. The van der Waals surface area contributed by atoms with Crippen molar-refractivity contribution < 1.29 is 9.47 Å². The summed E-state index contributed by atoms with van der Waals surface area (Å²) in [4.78, 5) is 7.11. The van der Waals surface area contributed by atoms with Gasteiger partial charge in [-0.05, 0) is 51.5 Å². The van der Waals surface area contributed by atoms with E-state index in [1.54, 1.807) is 0 Å². The first-order valence-corrected chi connectivity index (χ1v) is 9.78. The average molecular weight is 468 g/mol. The highest BCUT2D eigenvalue weighted by molar-refractivity contribution is 14.0. The van der Waals surface area contributed by atoms with Crippen molar-refractivity contribution in [2.75, 3.05) is 65.7 Å². The van der Waals surface area contributed by atoms with Gasteiger partial charge in [0.15, 0.2) is 5.96 Å². The van der Waals surface area contributed by atoms with Crippen molar-refractivity contribution in [3.8, 4) is 0 Å². The van der Waals surface area contributed by atoms with E-state index in [0.29, 0.717) is 0 Å². The van der Waals surface area contributed by atoms with Gasteiger partial charge in [0.05, 0.1) is 13.2 Å². The molecule has 1 aliphatic carbocycles. The van der Waals surface area contributed by atoms with Crippen LogP contribution < -0.4 is 10.6 Å². The van der Waals surface area contributed by atoms with E-state index in [2.05, 4.69) is 27.4 Å². The Labute approximate surface area is 170 Å². The van der Waals surface area contributed by atoms with E-state index in [1.165, 1.54) is 32.2 Å². The highest BCUT2D eigenvalue weighted by Gasteiger charge is 2.20. The van der Waals surface area contributed by atoms with E-state index in [-0.39, 0.29) is 24.0 Å². The number of rotatable bonds is 12. The number of halogens is 1. The third-order valence-corrected chi connectivity index (χ3v) is 4.41. The molecule has 0 bridgehead atoms.